The summed E-state index contributed by atoms with van der Waals surface area (Å²) in [6, 6.07) is 0. The molecule has 0 aromatic rings. The molecule has 0 bridgehead atoms. The van der Waals surface area contributed by atoms with Gasteiger partial charge in [0.1, 0.15) is 0 Å². The molecule has 0 heterocycles. The van der Waals surface area contributed by atoms with E-state index < -0.39 is 0 Å². The van der Waals surface area contributed by atoms with Gasteiger partial charge in [-0.1, -0.05) is 19.4 Å². The predicted molar refractivity (Wildman–Crippen MR) is 86.3 cm³/mol. The second-order valence-electron chi connectivity index (χ2n) is 8.61. The monoisotopic (exact) mass is 306 g/mol. The van der Waals surface area contributed by atoms with Crippen LogP contribution < -0.4 is 0 Å². The zero-order valence-electron chi connectivity index (χ0n) is 13.9. The molecule has 1 unspecified atom stereocenters. The molecule has 124 valence electrons. The summed E-state index contributed by atoms with van der Waals surface area (Å²) in [5, 5.41) is 10.4. The molecular formula is C19H30O3. The summed E-state index contributed by atoms with van der Waals surface area (Å²) in [7, 11) is 0. The smallest absolute Gasteiger partial charge is 0.155 e. The molecule has 3 fully saturated rings. The molecule has 6 atom stereocenters. The highest BCUT2D eigenvalue weighted by Crippen LogP contribution is 2.65. The number of hydrogen-bond donors (Lipinski definition) is 1. The number of aliphatic hydroxyl groups is 1. The number of aliphatic hydroxyl groups excluding tert-OH is 1. The van der Waals surface area contributed by atoms with E-state index in [1.54, 1.807) is 0 Å². The van der Waals surface area contributed by atoms with E-state index in [9.17, 15) is 9.90 Å². The Kier molecular flexibility index (Phi) is 3.81. The van der Waals surface area contributed by atoms with E-state index in [1.807, 2.05) is 6.08 Å². The molecule has 4 aliphatic carbocycles. The molecule has 0 aromatic carbocycles. The molecule has 22 heavy (non-hydrogen) atoms. The number of hydrogen-bond acceptors (Lipinski definition) is 2. The van der Waals surface area contributed by atoms with Crippen LogP contribution in [0.1, 0.15) is 65.2 Å². The van der Waals surface area contributed by atoms with Gasteiger partial charge in [0.15, 0.2) is 5.78 Å². The Balaban J connectivity index is 0.00000144. The van der Waals surface area contributed by atoms with E-state index in [4.69, 9.17) is 0 Å². The van der Waals surface area contributed by atoms with Gasteiger partial charge in [-0.2, -0.15) is 0 Å². The van der Waals surface area contributed by atoms with Gasteiger partial charge in [-0.15, -0.1) is 0 Å². The molecule has 3 saturated carbocycles. The Morgan fingerprint density at radius 3 is 2.59 bits per heavy atom. The van der Waals surface area contributed by atoms with Crippen LogP contribution in [0.15, 0.2) is 11.6 Å². The van der Waals surface area contributed by atoms with Gasteiger partial charge in [-0.25, -0.2) is 0 Å². The van der Waals surface area contributed by atoms with Crippen molar-refractivity contribution in [3.05, 3.63) is 11.6 Å². The van der Waals surface area contributed by atoms with E-state index in [-0.39, 0.29) is 22.4 Å². The minimum atomic E-state index is -0.0823. The average Bonchev–Trinajstić information content (AvgIpc) is 2.76. The van der Waals surface area contributed by atoms with Gasteiger partial charge in [0.25, 0.3) is 0 Å². The third kappa shape index (κ3) is 1.98. The summed E-state index contributed by atoms with van der Waals surface area (Å²) >= 11 is 0. The molecular weight excluding hydrogens is 276 g/mol. The van der Waals surface area contributed by atoms with Crippen LogP contribution in [0, 0.1) is 28.6 Å². The summed E-state index contributed by atoms with van der Waals surface area (Å²) in [4.78, 5) is 11.8. The number of ketones is 1. The second-order valence-corrected chi connectivity index (χ2v) is 8.61. The van der Waals surface area contributed by atoms with Crippen molar-refractivity contribution in [3.8, 4) is 0 Å². The van der Waals surface area contributed by atoms with E-state index >= 15 is 0 Å². The fraction of sp³-hybridized carbons (Fsp3) is 0.842. The van der Waals surface area contributed by atoms with E-state index in [2.05, 4.69) is 13.8 Å². The van der Waals surface area contributed by atoms with Gasteiger partial charge in [-0.05, 0) is 79.6 Å². The number of carbonyl (C=O) groups is 1. The summed E-state index contributed by atoms with van der Waals surface area (Å²) < 4.78 is 0. The van der Waals surface area contributed by atoms with Gasteiger partial charge in [0.05, 0.1) is 6.10 Å². The Bertz CT molecular complexity index is 511. The maximum Gasteiger partial charge on any atom is 0.155 e. The van der Waals surface area contributed by atoms with Crippen molar-refractivity contribution < 1.29 is 15.4 Å². The minimum Gasteiger partial charge on any atom is -0.412 e. The molecule has 4 aliphatic rings. The third-order valence-corrected chi connectivity index (χ3v) is 7.91. The molecule has 3 nitrogen and oxygen atoms in total. The first-order valence-electron chi connectivity index (χ1n) is 8.87. The van der Waals surface area contributed by atoms with Crippen molar-refractivity contribution in [3.63, 3.8) is 0 Å². The van der Waals surface area contributed by atoms with E-state index in [1.165, 1.54) is 31.3 Å². The van der Waals surface area contributed by atoms with Crippen molar-refractivity contribution in [1.82, 2.24) is 0 Å². The quantitative estimate of drug-likeness (QED) is 0.747. The lowest BCUT2D eigenvalue weighted by Crippen LogP contribution is -2.51. The number of allylic oxidation sites excluding steroid dienone is 1. The average molecular weight is 306 g/mol. The molecule has 3 N–H and O–H groups in total. The lowest BCUT2D eigenvalue weighted by Gasteiger charge is -2.57. The maximum absolute atomic E-state index is 11.8. The van der Waals surface area contributed by atoms with Gasteiger partial charge >= 0.3 is 0 Å². The lowest BCUT2D eigenvalue weighted by atomic mass is 9.47. The number of rotatable bonds is 0. The fourth-order valence-corrected chi connectivity index (χ4v) is 6.53. The lowest BCUT2D eigenvalue weighted by molar-refractivity contribution is -0.118. The molecule has 0 spiro atoms. The van der Waals surface area contributed by atoms with Crippen LogP contribution in [0.4, 0.5) is 0 Å². The van der Waals surface area contributed by atoms with Crippen molar-refractivity contribution in [2.24, 2.45) is 28.6 Å². The van der Waals surface area contributed by atoms with Gasteiger partial charge in [-0.3, -0.25) is 4.79 Å². The highest BCUT2D eigenvalue weighted by atomic mass is 16.3. The molecule has 0 saturated heterocycles. The van der Waals surface area contributed by atoms with E-state index in [0.29, 0.717) is 11.7 Å². The topological polar surface area (TPSA) is 68.8 Å². The van der Waals surface area contributed by atoms with Crippen LogP contribution in [0.5, 0.6) is 0 Å². The van der Waals surface area contributed by atoms with Crippen LogP contribution in [-0.2, 0) is 4.79 Å². The molecule has 0 aromatic heterocycles. The number of carbonyl (C=O) groups excluding carboxylic acids is 1. The van der Waals surface area contributed by atoms with Crippen LogP contribution in [0.2, 0.25) is 0 Å². The summed E-state index contributed by atoms with van der Waals surface area (Å²) in [6.45, 7) is 4.76. The van der Waals surface area contributed by atoms with E-state index in [0.717, 1.165) is 37.5 Å². The van der Waals surface area contributed by atoms with Gasteiger partial charge in [0, 0.05) is 6.42 Å². The van der Waals surface area contributed by atoms with Crippen LogP contribution >= 0.6 is 0 Å². The Labute approximate surface area is 133 Å². The minimum absolute atomic E-state index is 0. The van der Waals surface area contributed by atoms with Crippen molar-refractivity contribution in [2.45, 2.75) is 71.3 Å². The van der Waals surface area contributed by atoms with Crippen molar-refractivity contribution >= 4 is 5.78 Å². The molecule has 0 amide bonds. The highest BCUT2D eigenvalue weighted by Gasteiger charge is 2.58. The Morgan fingerprint density at radius 2 is 1.82 bits per heavy atom. The van der Waals surface area contributed by atoms with Crippen LogP contribution in [0.25, 0.3) is 0 Å². The van der Waals surface area contributed by atoms with Gasteiger partial charge in [0.2, 0.25) is 0 Å². The molecule has 0 radical (unpaired) electrons. The largest absolute Gasteiger partial charge is 0.412 e. The SMILES string of the molecule is C[C@]12CCC(=O)C=C1CC[C@@H]1[C@@H]2CC[C@]2(C)C(O)CC[C@@H]12.O. The van der Waals surface area contributed by atoms with Gasteiger partial charge < -0.3 is 10.6 Å². The first-order valence-corrected chi connectivity index (χ1v) is 8.87. The number of fused-ring (bicyclic) bond motifs is 5. The van der Waals surface area contributed by atoms with Crippen LogP contribution in [-0.4, -0.2) is 22.5 Å². The standard InChI is InChI=1S/C19H28O2.H2O/c1-18-9-7-13(20)11-12(18)3-4-14-15-5-6-17(21)19(15,2)10-8-16(14)18;/h11,14-17,21H,3-10H2,1-2H3;1H2/t14-,15-,16-,17?,18-,19-;/m0./s1. The molecule has 0 aliphatic heterocycles. The maximum atomic E-state index is 11.8. The summed E-state index contributed by atoms with van der Waals surface area (Å²) in [5.74, 6) is 2.57. The van der Waals surface area contributed by atoms with Crippen molar-refractivity contribution in [2.75, 3.05) is 0 Å². The van der Waals surface area contributed by atoms with Crippen molar-refractivity contribution in [1.29, 1.82) is 0 Å². The zero-order valence-corrected chi connectivity index (χ0v) is 13.9. The molecule has 3 heteroatoms. The Hall–Kier alpha value is -0.670. The van der Waals surface area contributed by atoms with Crippen LogP contribution in [0.3, 0.4) is 0 Å². The summed E-state index contributed by atoms with van der Waals surface area (Å²) in [5.41, 5.74) is 1.89. The predicted octanol–water partition coefficient (Wildman–Crippen LogP) is 3.05. The Morgan fingerprint density at radius 1 is 1.05 bits per heavy atom. The third-order valence-electron chi connectivity index (χ3n) is 7.91. The highest BCUT2D eigenvalue weighted by molar-refractivity contribution is 5.91. The molecule has 4 rings (SSSR count). The first-order chi connectivity index (χ1) is 9.95. The fourth-order valence-electron chi connectivity index (χ4n) is 6.53. The first kappa shape index (κ1) is 16.2. The normalized spacial score (nSPS) is 50.3. The summed E-state index contributed by atoms with van der Waals surface area (Å²) in [6.07, 6.45) is 10.7. The second kappa shape index (κ2) is 5.17. The zero-order chi connectivity index (χ0) is 14.8.